The van der Waals surface area contributed by atoms with Gasteiger partial charge in [-0.1, -0.05) is 32.1 Å². The average Bonchev–Trinajstić information content (AvgIpc) is 3.03. The van der Waals surface area contributed by atoms with Gasteiger partial charge in [0.05, 0.1) is 17.6 Å². The first-order valence-electron chi connectivity index (χ1n) is 10.4. The van der Waals surface area contributed by atoms with Gasteiger partial charge in [-0.2, -0.15) is 4.31 Å². The van der Waals surface area contributed by atoms with E-state index in [1.165, 1.54) is 19.6 Å². The summed E-state index contributed by atoms with van der Waals surface area (Å²) in [5, 5.41) is 0. The molecule has 1 saturated heterocycles. The van der Waals surface area contributed by atoms with Crippen molar-refractivity contribution < 1.29 is 17.9 Å². The fourth-order valence-electron chi connectivity index (χ4n) is 4.27. The third-order valence-electron chi connectivity index (χ3n) is 6.05. The van der Waals surface area contributed by atoms with E-state index in [4.69, 9.17) is 4.74 Å². The van der Waals surface area contributed by atoms with E-state index in [0.717, 1.165) is 51.4 Å². The molecule has 0 bridgehead atoms. The molecule has 1 heterocycles. The smallest absolute Gasteiger partial charge is 0.257 e. The molecule has 6 nitrogen and oxygen atoms in total. The maximum absolute atomic E-state index is 13.2. The van der Waals surface area contributed by atoms with Gasteiger partial charge < -0.3 is 9.64 Å². The minimum absolute atomic E-state index is 0.170. The van der Waals surface area contributed by atoms with Crippen molar-refractivity contribution in [1.29, 1.82) is 0 Å². The number of benzene rings is 1. The molecule has 1 aromatic carbocycles. The van der Waals surface area contributed by atoms with Crippen LogP contribution in [0.1, 0.15) is 68.1 Å². The predicted octanol–water partition coefficient (Wildman–Crippen LogP) is 3.66. The normalized spacial score (nSPS) is 19.8. The van der Waals surface area contributed by atoms with Gasteiger partial charge in [0, 0.05) is 26.2 Å². The molecule has 1 saturated carbocycles. The number of hydrogen-bond acceptors (Lipinski definition) is 4. The summed E-state index contributed by atoms with van der Waals surface area (Å²) in [6, 6.07) is 4.86. The molecule has 7 heteroatoms. The van der Waals surface area contributed by atoms with Gasteiger partial charge in [0.1, 0.15) is 5.75 Å². The van der Waals surface area contributed by atoms with Crippen LogP contribution < -0.4 is 4.74 Å². The summed E-state index contributed by atoms with van der Waals surface area (Å²) in [5.41, 5.74) is 0.325. The molecule has 0 N–H and O–H groups in total. The Morgan fingerprint density at radius 2 is 1.64 bits per heavy atom. The van der Waals surface area contributed by atoms with Crippen LogP contribution in [0.15, 0.2) is 23.1 Å². The molecule has 1 aliphatic carbocycles. The number of sulfonamides is 1. The zero-order valence-electron chi connectivity index (χ0n) is 17.0. The summed E-state index contributed by atoms with van der Waals surface area (Å²) in [7, 11) is -0.287. The van der Waals surface area contributed by atoms with E-state index in [2.05, 4.69) is 0 Å². The minimum Gasteiger partial charge on any atom is -0.496 e. The number of amides is 1. The number of hydrogen-bond donors (Lipinski definition) is 0. The number of carbonyl (C=O) groups is 1. The first-order valence-corrected chi connectivity index (χ1v) is 11.8. The number of carbonyl (C=O) groups excluding carboxylic acids is 1. The average molecular weight is 409 g/mol. The van der Waals surface area contributed by atoms with Crippen molar-refractivity contribution in [2.75, 3.05) is 27.2 Å². The van der Waals surface area contributed by atoms with Crippen LogP contribution >= 0.6 is 0 Å². The van der Waals surface area contributed by atoms with Gasteiger partial charge in [0.2, 0.25) is 10.0 Å². The molecule has 156 valence electrons. The Labute approximate surface area is 168 Å². The van der Waals surface area contributed by atoms with Crippen LogP contribution in [0.3, 0.4) is 0 Å². The predicted molar refractivity (Wildman–Crippen MR) is 109 cm³/mol. The Morgan fingerprint density at radius 3 is 2.25 bits per heavy atom. The van der Waals surface area contributed by atoms with Gasteiger partial charge in [0.15, 0.2) is 0 Å². The molecule has 3 rings (SSSR count). The summed E-state index contributed by atoms with van der Waals surface area (Å²) in [5.74, 6) is 0.249. The summed E-state index contributed by atoms with van der Waals surface area (Å²) in [4.78, 5) is 15.1. The standard InChI is InChI=1S/C21H32N2O4S/c1-22(17-10-6-5-7-11-17)21(24)19-16-18(12-13-20(19)27-2)28(25,26)23-14-8-3-4-9-15-23/h12-13,16-17H,3-11,14-15H2,1-2H3. The number of rotatable bonds is 5. The van der Waals surface area contributed by atoms with E-state index in [-0.39, 0.29) is 16.8 Å². The van der Waals surface area contributed by atoms with Gasteiger partial charge in [-0.3, -0.25) is 4.79 Å². The number of methoxy groups -OCH3 is 1. The quantitative estimate of drug-likeness (QED) is 0.746. The fraction of sp³-hybridized carbons (Fsp3) is 0.667. The van der Waals surface area contributed by atoms with E-state index in [9.17, 15) is 13.2 Å². The molecule has 0 unspecified atom stereocenters. The lowest BCUT2D eigenvalue weighted by Gasteiger charge is -2.31. The highest BCUT2D eigenvalue weighted by atomic mass is 32.2. The monoisotopic (exact) mass is 408 g/mol. The maximum Gasteiger partial charge on any atom is 0.257 e. The molecule has 0 atom stereocenters. The SMILES string of the molecule is COc1ccc(S(=O)(=O)N2CCCCCC2)cc1C(=O)N(C)C1CCCCC1. The summed E-state index contributed by atoms with van der Waals surface area (Å²) < 4.78 is 33.2. The van der Waals surface area contributed by atoms with E-state index in [0.29, 0.717) is 24.4 Å². The highest BCUT2D eigenvalue weighted by Gasteiger charge is 2.29. The Balaban J connectivity index is 1.89. The fourth-order valence-corrected chi connectivity index (χ4v) is 5.81. The van der Waals surface area contributed by atoms with E-state index in [1.54, 1.807) is 21.3 Å². The van der Waals surface area contributed by atoms with Crippen molar-refractivity contribution in [1.82, 2.24) is 9.21 Å². The number of ether oxygens (including phenoxy) is 1. The maximum atomic E-state index is 13.2. The van der Waals surface area contributed by atoms with Gasteiger partial charge >= 0.3 is 0 Å². The zero-order chi connectivity index (χ0) is 20.1. The first kappa shape index (κ1) is 21.1. The third kappa shape index (κ3) is 4.51. The summed E-state index contributed by atoms with van der Waals surface area (Å²) in [6.45, 7) is 1.08. The lowest BCUT2D eigenvalue weighted by atomic mass is 9.94. The largest absolute Gasteiger partial charge is 0.496 e. The van der Waals surface area contributed by atoms with Gasteiger partial charge in [-0.15, -0.1) is 0 Å². The third-order valence-corrected chi connectivity index (χ3v) is 7.94. The Kier molecular flexibility index (Phi) is 6.99. The second kappa shape index (κ2) is 9.27. The molecule has 0 radical (unpaired) electrons. The van der Waals surface area contributed by atoms with Crippen molar-refractivity contribution in [3.8, 4) is 5.75 Å². The lowest BCUT2D eigenvalue weighted by molar-refractivity contribution is 0.0692. The van der Waals surface area contributed by atoms with E-state index in [1.807, 2.05) is 7.05 Å². The van der Waals surface area contributed by atoms with Crippen LogP contribution in [-0.4, -0.2) is 56.8 Å². The van der Waals surface area contributed by atoms with Gasteiger partial charge in [-0.25, -0.2) is 8.42 Å². The van der Waals surface area contributed by atoms with E-state index >= 15 is 0 Å². The zero-order valence-corrected chi connectivity index (χ0v) is 17.8. The van der Waals surface area contributed by atoms with Crippen LogP contribution in [0, 0.1) is 0 Å². The Morgan fingerprint density at radius 1 is 1.04 bits per heavy atom. The van der Waals surface area contributed by atoms with E-state index < -0.39 is 10.0 Å². The lowest BCUT2D eigenvalue weighted by Crippen LogP contribution is -2.38. The molecular weight excluding hydrogens is 376 g/mol. The highest BCUT2D eigenvalue weighted by Crippen LogP contribution is 2.29. The minimum atomic E-state index is -3.61. The molecular formula is C21H32N2O4S. The second-order valence-corrected chi connectivity index (χ2v) is 9.83. The van der Waals surface area contributed by atoms with Crippen molar-refractivity contribution in [2.45, 2.75) is 68.7 Å². The van der Waals surface area contributed by atoms with Crippen molar-refractivity contribution >= 4 is 15.9 Å². The van der Waals surface area contributed by atoms with Crippen LogP contribution in [0.4, 0.5) is 0 Å². The Hall–Kier alpha value is -1.60. The molecule has 28 heavy (non-hydrogen) atoms. The second-order valence-electron chi connectivity index (χ2n) is 7.89. The molecule has 1 aliphatic heterocycles. The topological polar surface area (TPSA) is 66.9 Å². The molecule has 2 aliphatic rings. The molecule has 0 aromatic heterocycles. The van der Waals surface area contributed by atoms with Gasteiger partial charge in [-0.05, 0) is 43.9 Å². The summed E-state index contributed by atoms with van der Waals surface area (Å²) >= 11 is 0. The van der Waals surface area contributed by atoms with Gasteiger partial charge in [0.25, 0.3) is 5.91 Å². The molecule has 0 spiro atoms. The first-order chi connectivity index (χ1) is 13.4. The van der Waals surface area contributed by atoms with Crippen molar-refractivity contribution in [2.24, 2.45) is 0 Å². The van der Waals surface area contributed by atoms with Crippen molar-refractivity contribution in [3.63, 3.8) is 0 Å². The Bertz CT molecular complexity index is 780. The van der Waals surface area contributed by atoms with Crippen LogP contribution in [0.25, 0.3) is 0 Å². The molecule has 1 amide bonds. The molecule has 1 aromatic rings. The number of nitrogens with zero attached hydrogens (tertiary/aromatic N) is 2. The van der Waals surface area contributed by atoms with Crippen LogP contribution in [-0.2, 0) is 10.0 Å². The highest BCUT2D eigenvalue weighted by molar-refractivity contribution is 7.89. The summed E-state index contributed by atoms with van der Waals surface area (Å²) in [6.07, 6.45) is 9.34. The van der Waals surface area contributed by atoms with Crippen molar-refractivity contribution in [3.05, 3.63) is 23.8 Å². The van der Waals surface area contributed by atoms with Crippen LogP contribution in [0.2, 0.25) is 0 Å². The molecule has 2 fully saturated rings. The van der Waals surface area contributed by atoms with Crippen LogP contribution in [0.5, 0.6) is 5.75 Å².